The molecule has 2 heterocycles. The molecule has 0 saturated carbocycles. The van der Waals surface area contributed by atoms with Crippen molar-refractivity contribution >= 4 is 5.91 Å². The van der Waals surface area contributed by atoms with E-state index in [4.69, 9.17) is 5.73 Å². The van der Waals surface area contributed by atoms with Gasteiger partial charge in [0.2, 0.25) is 5.91 Å². The van der Waals surface area contributed by atoms with E-state index in [-0.39, 0.29) is 5.91 Å². The number of nitrogens with one attached hydrogen (secondary N) is 1. The summed E-state index contributed by atoms with van der Waals surface area (Å²) in [5.74, 6) is 0.0520. The molecular weight excluding hydrogens is 228 g/mol. The molecule has 0 unspecified atom stereocenters. The van der Waals surface area contributed by atoms with Crippen LogP contribution in [0.2, 0.25) is 0 Å². The van der Waals surface area contributed by atoms with E-state index in [1.54, 1.807) is 6.20 Å². The predicted octanol–water partition coefficient (Wildman–Crippen LogP) is 0.121. The molecule has 0 spiro atoms. The highest BCUT2D eigenvalue weighted by Crippen LogP contribution is 2.07. The van der Waals surface area contributed by atoms with Gasteiger partial charge in [-0.2, -0.15) is 0 Å². The number of nitrogens with two attached hydrogens (primary N) is 1. The van der Waals surface area contributed by atoms with Crippen molar-refractivity contribution in [1.82, 2.24) is 15.2 Å². The Hall–Kier alpha value is -1.46. The predicted molar refractivity (Wildman–Crippen MR) is 69.7 cm³/mol. The third kappa shape index (κ3) is 4.09. The molecule has 1 fully saturated rings. The molecule has 1 aliphatic rings. The molecule has 1 saturated heterocycles. The summed E-state index contributed by atoms with van der Waals surface area (Å²) in [5.41, 5.74) is 6.71. The van der Waals surface area contributed by atoms with Gasteiger partial charge < -0.3 is 11.1 Å². The zero-order chi connectivity index (χ0) is 12.8. The van der Waals surface area contributed by atoms with Crippen LogP contribution in [0.25, 0.3) is 0 Å². The van der Waals surface area contributed by atoms with E-state index in [0.717, 1.165) is 31.6 Å². The third-order valence-electron chi connectivity index (χ3n) is 3.19. The lowest BCUT2D eigenvalue weighted by molar-refractivity contribution is -0.122. The number of nitrogens with zero attached hydrogens (tertiary/aromatic N) is 2. The Morgan fingerprint density at radius 3 is 2.89 bits per heavy atom. The Kier molecular flexibility index (Phi) is 4.66. The topological polar surface area (TPSA) is 71.2 Å². The van der Waals surface area contributed by atoms with Crippen molar-refractivity contribution in [2.75, 3.05) is 19.6 Å². The molecule has 1 aromatic heterocycles. The van der Waals surface area contributed by atoms with Gasteiger partial charge in [0.15, 0.2) is 0 Å². The second-order valence-corrected chi connectivity index (χ2v) is 4.71. The van der Waals surface area contributed by atoms with Crippen molar-refractivity contribution in [3.8, 4) is 0 Å². The smallest absolute Gasteiger partial charge is 0.234 e. The first-order valence-corrected chi connectivity index (χ1v) is 6.38. The van der Waals surface area contributed by atoms with Crippen LogP contribution in [-0.2, 0) is 11.3 Å². The van der Waals surface area contributed by atoms with Gasteiger partial charge in [0.1, 0.15) is 0 Å². The van der Waals surface area contributed by atoms with E-state index in [9.17, 15) is 4.79 Å². The number of hydrogen-bond donors (Lipinski definition) is 2. The fraction of sp³-hybridized carbons (Fsp3) is 0.538. The second-order valence-electron chi connectivity index (χ2n) is 4.71. The lowest BCUT2D eigenvalue weighted by Crippen LogP contribution is -2.44. The summed E-state index contributed by atoms with van der Waals surface area (Å²) in [7, 11) is 0. The number of aromatic nitrogens is 1. The molecule has 0 atom stereocenters. The zero-order valence-corrected chi connectivity index (χ0v) is 10.5. The lowest BCUT2D eigenvalue weighted by Gasteiger charge is -2.29. The number of piperidine rings is 1. The highest BCUT2D eigenvalue weighted by Gasteiger charge is 2.17. The molecule has 18 heavy (non-hydrogen) atoms. The van der Waals surface area contributed by atoms with Crippen LogP contribution in [0.5, 0.6) is 0 Å². The average molecular weight is 248 g/mol. The first-order chi connectivity index (χ1) is 8.74. The minimum atomic E-state index is 0.0520. The summed E-state index contributed by atoms with van der Waals surface area (Å²) in [6.45, 7) is 2.78. The Bertz CT molecular complexity index is 374. The van der Waals surface area contributed by atoms with E-state index in [0.29, 0.717) is 19.1 Å². The second kappa shape index (κ2) is 6.47. The molecule has 0 aromatic carbocycles. The van der Waals surface area contributed by atoms with E-state index < -0.39 is 0 Å². The number of pyridine rings is 1. The fourth-order valence-electron chi connectivity index (χ4n) is 2.06. The third-order valence-corrected chi connectivity index (χ3v) is 3.19. The van der Waals surface area contributed by atoms with Gasteiger partial charge in [-0.05, 0) is 25.0 Å². The summed E-state index contributed by atoms with van der Waals surface area (Å²) in [6, 6.07) is 5.99. The Morgan fingerprint density at radius 1 is 1.44 bits per heavy atom. The van der Waals surface area contributed by atoms with Gasteiger partial charge in [-0.15, -0.1) is 0 Å². The number of carbonyl (C=O) groups excluding carboxylic acids is 1. The maximum Gasteiger partial charge on any atom is 0.234 e. The van der Waals surface area contributed by atoms with E-state index >= 15 is 0 Å². The van der Waals surface area contributed by atoms with E-state index in [1.807, 2.05) is 18.2 Å². The maximum absolute atomic E-state index is 11.8. The van der Waals surface area contributed by atoms with Crippen molar-refractivity contribution in [2.24, 2.45) is 5.73 Å². The highest BCUT2D eigenvalue weighted by atomic mass is 16.2. The van der Waals surface area contributed by atoms with Crippen molar-refractivity contribution in [3.63, 3.8) is 0 Å². The highest BCUT2D eigenvalue weighted by molar-refractivity contribution is 5.77. The maximum atomic E-state index is 11.8. The first-order valence-electron chi connectivity index (χ1n) is 6.38. The summed E-state index contributed by atoms with van der Waals surface area (Å²) < 4.78 is 0. The lowest BCUT2D eigenvalue weighted by atomic mass is 10.1. The number of hydrogen-bond acceptors (Lipinski definition) is 4. The van der Waals surface area contributed by atoms with Crippen LogP contribution < -0.4 is 11.1 Å². The number of amides is 1. The summed E-state index contributed by atoms with van der Waals surface area (Å²) >= 11 is 0. The van der Waals surface area contributed by atoms with E-state index in [2.05, 4.69) is 15.2 Å². The van der Waals surface area contributed by atoms with Gasteiger partial charge in [-0.3, -0.25) is 14.7 Å². The summed E-state index contributed by atoms with van der Waals surface area (Å²) in [5, 5.41) is 2.88. The Morgan fingerprint density at radius 2 is 2.22 bits per heavy atom. The van der Waals surface area contributed by atoms with Gasteiger partial charge in [0.05, 0.1) is 18.8 Å². The molecule has 0 radical (unpaired) electrons. The molecule has 5 heteroatoms. The van der Waals surface area contributed by atoms with Gasteiger partial charge in [0.25, 0.3) is 0 Å². The van der Waals surface area contributed by atoms with Crippen molar-refractivity contribution in [2.45, 2.75) is 25.4 Å². The van der Waals surface area contributed by atoms with Crippen LogP contribution in [0.15, 0.2) is 24.4 Å². The fourth-order valence-corrected chi connectivity index (χ4v) is 2.06. The van der Waals surface area contributed by atoms with Gasteiger partial charge in [-0.25, -0.2) is 0 Å². The molecule has 1 aliphatic heterocycles. The normalized spacial score (nSPS) is 17.6. The molecule has 1 amide bonds. The quantitative estimate of drug-likeness (QED) is 0.794. The van der Waals surface area contributed by atoms with Crippen molar-refractivity contribution < 1.29 is 4.79 Å². The van der Waals surface area contributed by atoms with Crippen LogP contribution >= 0.6 is 0 Å². The van der Waals surface area contributed by atoms with Crippen LogP contribution in [-0.4, -0.2) is 41.5 Å². The molecule has 3 N–H and O–H groups in total. The zero-order valence-electron chi connectivity index (χ0n) is 10.5. The standard InChI is InChI=1S/C13H20N4O/c14-11-4-7-17(8-5-11)10-13(18)16-9-12-3-1-2-6-15-12/h1-3,6,11H,4-5,7-10,14H2,(H,16,18). The summed E-state index contributed by atoms with van der Waals surface area (Å²) in [4.78, 5) is 18.1. The molecule has 98 valence electrons. The van der Waals surface area contributed by atoms with Crippen molar-refractivity contribution in [1.29, 1.82) is 0 Å². The molecule has 5 nitrogen and oxygen atoms in total. The van der Waals surface area contributed by atoms with Gasteiger partial charge in [0, 0.05) is 25.3 Å². The number of likely N-dealkylation sites (tertiary alicyclic amines) is 1. The van der Waals surface area contributed by atoms with E-state index in [1.165, 1.54) is 0 Å². The largest absolute Gasteiger partial charge is 0.349 e. The van der Waals surface area contributed by atoms with Gasteiger partial charge >= 0.3 is 0 Å². The Balaban J connectivity index is 1.69. The number of rotatable bonds is 4. The van der Waals surface area contributed by atoms with Crippen LogP contribution in [0.4, 0.5) is 0 Å². The minimum Gasteiger partial charge on any atom is -0.349 e. The van der Waals surface area contributed by atoms with Gasteiger partial charge in [-0.1, -0.05) is 6.07 Å². The SMILES string of the molecule is NC1CCN(CC(=O)NCc2ccccn2)CC1. The molecular formula is C13H20N4O. The molecule has 0 aliphatic carbocycles. The van der Waals surface area contributed by atoms with Crippen LogP contribution in [0, 0.1) is 0 Å². The Labute approximate surface area is 107 Å². The van der Waals surface area contributed by atoms with Crippen molar-refractivity contribution in [3.05, 3.63) is 30.1 Å². The van der Waals surface area contributed by atoms with Crippen LogP contribution in [0.3, 0.4) is 0 Å². The monoisotopic (exact) mass is 248 g/mol. The number of carbonyl (C=O) groups is 1. The first kappa shape index (κ1) is 13.0. The molecule has 2 rings (SSSR count). The van der Waals surface area contributed by atoms with Crippen LogP contribution in [0.1, 0.15) is 18.5 Å². The molecule has 0 bridgehead atoms. The summed E-state index contributed by atoms with van der Waals surface area (Å²) in [6.07, 6.45) is 3.69. The molecule has 1 aromatic rings. The average Bonchev–Trinajstić information content (AvgIpc) is 2.40. The minimum absolute atomic E-state index is 0.0520.